The maximum absolute atomic E-state index is 11.9. The molecule has 94 valence electrons. The Labute approximate surface area is 114 Å². The highest BCUT2D eigenvalue weighted by molar-refractivity contribution is 9.10. The minimum absolute atomic E-state index is 0.0381. The van der Waals surface area contributed by atoms with Gasteiger partial charge in [-0.3, -0.25) is 4.79 Å². The first-order chi connectivity index (χ1) is 8.72. The van der Waals surface area contributed by atoms with Crippen LogP contribution in [0.3, 0.4) is 0 Å². The van der Waals surface area contributed by atoms with Crippen LogP contribution in [0.5, 0.6) is 0 Å². The van der Waals surface area contributed by atoms with Gasteiger partial charge in [-0.1, -0.05) is 6.07 Å². The van der Waals surface area contributed by atoms with Gasteiger partial charge in [0.25, 0.3) is 5.56 Å². The zero-order valence-corrected chi connectivity index (χ0v) is 11.6. The summed E-state index contributed by atoms with van der Waals surface area (Å²) in [6, 6.07) is 7.43. The minimum atomic E-state index is -0.0381. The summed E-state index contributed by atoms with van der Waals surface area (Å²) in [5, 5.41) is 3.19. The fraction of sp³-hybridized carbons (Fsp3) is 0.231. The van der Waals surface area contributed by atoms with Crippen LogP contribution in [0.1, 0.15) is 12.5 Å². The van der Waals surface area contributed by atoms with Crippen LogP contribution in [-0.2, 0) is 6.54 Å². The summed E-state index contributed by atoms with van der Waals surface area (Å²) in [6.45, 7) is 3.33. The highest BCUT2D eigenvalue weighted by Gasteiger charge is 2.05. The van der Waals surface area contributed by atoms with Crippen molar-refractivity contribution in [3.8, 4) is 0 Å². The standard InChI is InChI=1S/C13H14BrN3O/c1-2-15-12-10(5-3-7-16-12)9-17-8-4-6-11(14)13(17)18/h3-8H,2,9H2,1H3,(H,15,16). The third-order valence-electron chi connectivity index (χ3n) is 2.55. The average Bonchev–Trinajstić information content (AvgIpc) is 2.37. The van der Waals surface area contributed by atoms with Crippen molar-refractivity contribution < 1.29 is 0 Å². The van der Waals surface area contributed by atoms with Gasteiger partial charge < -0.3 is 9.88 Å². The van der Waals surface area contributed by atoms with Crippen LogP contribution >= 0.6 is 15.9 Å². The molecule has 1 N–H and O–H groups in total. The molecule has 0 bridgehead atoms. The van der Waals surface area contributed by atoms with E-state index in [-0.39, 0.29) is 5.56 Å². The van der Waals surface area contributed by atoms with E-state index in [1.807, 2.05) is 25.1 Å². The van der Waals surface area contributed by atoms with Gasteiger partial charge in [0.1, 0.15) is 5.82 Å². The van der Waals surface area contributed by atoms with E-state index in [1.165, 1.54) is 0 Å². The van der Waals surface area contributed by atoms with E-state index in [4.69, 9.17) is 0 Å². The van der Waals surface area contributed by atoms with Crippen LogP contribution in [0.15, 0.2) is 45.9 Å². The summed E-state index contributed by atoms with van der Waals surface area (Å²) in [7, 11) is 0. The summed E-state index contributed by atoms with van der Waals surface area (Å²) < 4.78 is 2.22. The predicted octanol–water partition coefficient (Wildman–Crippen LogP) is 2.49. The lowest BCUT2D eigenvalue weighted by Gasteiger charge is -2.11. The van der Waals surface area contributed by atoms with Crippen molar-refractivity contribution in [2.75, 3.05) is 11.9 Å². The van der Waals surface area contributed by atoms with Gasteiger partial charge in [0.2, 0.25) is 0 Å². The number of aromatic nitrogens is 2. The van der Waals surface area contributed by atoms with E-state index >= 15 is 0 Å². The molecular weight excluding hydrogens is 294 g/mol. The maximum Gasteiger partial charge on any atom is 0.265 e. The molecular formula is C13H14BrN3O. The third kappa shape index (κ3) is 2.79. The maximum atomic E-state index is 11.9. The fourth-order valence-electron chi connectivity index (χ4n) is 1.71. The molecule has 0 spiro atoms. The van der Waals surface area contributed by atoms with Gasteiger partial charge in [-0.05, 0) is 41.1 Å². The molecule has 0 radical (unpaired) electrons. The van der Waals surface area contributed by atoms with Gasteiger partial charge in [-0.2, -0.15) is 0 Å². The molecule has 2 aromatic rings. The van der Waals surface area contributed by atoms with Crippen molar-refractivity contribution in [1.82, 2.24) is 9.55 Å². The van der Waals surface area contributed by atoms with Crippen molar-refractivity contribution >= 4 is 21.7 Å². The first-order valence-electron chi connectivity index (χ1n) is 5.75. The van der Waals surface area contributed by atoms with Crippen LogP contribution in [0.4, 0.5) is 5.82 Å². The van der Waals surface area contributed by atoms with E-state index < -0.39 is 0 Å². The van der Waals surface area contributed by atoms with Gasteiger partial charge in [0, 0.05) is 24.5 Å². The topological polar surface area (TPSA) is 46.9 Å². The smallest absolute Gasteiger partial charge is 0.265 e. The number of anilines is 1. The zero-order chi connectivity index (χ0) is 13.0. The average molecular weight is 308 g/mol. The minimum Gasteiger partial charge on any atom is -0.370 e. The lowest BCUT2D eigenvalue weighted by Crippen LogP contribution is -2.21. The zero-order valence-electron chi connectivity index (χ0n) is 10.1. The van der Waals surface area contributed by atoms with Gasteiger partial charge in [-0.25, -0.2) is 4.98 Å². The summed E-state index contributed by atoms with van der Waals surface area (Å²) >= 11 is 3.24. The summed E-state index contributed by atoms with van der Waals surface area (Å²) in [6.07, 6.45) is 3.51. The van der Waals surface area contributed by atoms with E-state index in [2.05, 4.69) is 26.2 Å². The molecule has 0 amide bonds. The Balaban J connectivity index is 2.34. The van der Waals surface area contributed by atoms with Gasteiger partial charge >= 0.3 is 0 Å². The van der Waals surface area contributed by atoms with Gasteiger partial charge in [0.15, 0.2) is 0 Å². The van der Waals surface area contributed by atoms with Crippen LogP contribution in [0.2, 0.25) is 0 Å². The Hall–Kier alpha value is -1.62. The number of hydrogen-bond acceptors (Lipinski definition) is 3. The first-order valence-corrected chi connectivity index (χ1v) is 6.54. The van der Waals surface area contributed by atoms with Crippen LogP contribution in [-0.4, -0.2) is 16.1 Å². The van der Waals surface area contributed by atoms with E-state index in [0.29, 0.717) is 11.0 Å². The molecule has 2 rings (SSSR count). The number of halogens is 1. The summed E-state index contributed by atoms with van der Waals surface area (Å²) in [5.74, 6) is 0.826. The van der Waals surface area contributed by atoms with Crippen LogP contribution in [0, 0.1) is 0 Å². The SMILES string of the molecule is CCNc1ncccc1Cn1cccc(Br)c1=O. The third-order valence-corrected chi connectivity index (χ3v) is 3.15. The number of rotatable bonds is 4. The van der Waals surface area contributed by atoms with E-state index in [9.17, 15) is 4.79 Å². The first kappa shape index (κ1) is 12.8. The molecule has 18 heavy (non-hydrogen) atoms. The molecule has 0 saturated heterocycles. The quantitative estimate of drug-likeness (QED) is 0.944. The molecule has 0 atom stereocenters. The molecule has 0 aliphatic carbocycles. The number of nitrogens with one attached hydrogen (secondary N) is 1. The molecule has 4 nitrogen and oxygen atoms in total. The molecule has 0 saturated carbocycles. The van der Waals surface area contributed by atoms with E-state index in [1.54, 1.807) is 23.0 Å². The highest BCUT2D eigenvalue weighted by Crippen LogP contribution is 2.12. The Morgan fingerprint density at radius 1 is 1.39 bits per heavy atom. The Kier molecular flexibility index (Phi) is 4.15. The Morgan fingerprint density at radius 2 is 2.22 bits per heavy atom. The Bertz CT molecular complexity index is 595. The molecule has 2 aromatic heterocycles. The molecule has 0 aromatic carbocycles. The second-order valence-electron chi connectivity index (χ2n) is 3.83. The second-order valence-corrected chi connectivity index (χ2v) is 4.68. The van der Waals surface area contributed by atoms with E-state index in [0.717, 1.165) is 17.9 Å². The lowest BCUT2D eigenvalue weighted by molar-refractivity contribution is 0.753. The van der Waals surface area contributed by atoms with Gasteiger partial charge in [0.05, 0.1) is 11.0 Å². The molecule has 0 unspecified atom stereocenters. The summed E-state index contributed by atoms with van der Waals surface area (Å²) in [4.78, 5) is 16.2. The second kappa shape index (κ2) is 5.82. The normalized spacial score (nSPS) is 10.3. The fourth-order valence-corrected chi connectivity index (χ4v) is 2.09. The van der Waals surface area contributed by atoms with Crippen LogP contribution < -0.4 is 10.9 Å². The van der Waals surface area contributed by atoms with Crippen molar-refractivity contribution in [2.24, 2.45) is 0 Å². The van der Waals surface area contributed by atoms with Gasteiger partial charge in [-0.15, -0.1) is 0 Å². The lowest BCUT2D eigenvalue weighted by atomic mass is 10.2. The summed E-state index contributed by atoms with van der Waals surface area (Å²) in [5.41, 5.74) is 0.961. The monoisotopic (exact) mass is 307 g/mol. The van der Waals surface area contributed by atoms with Crippen molar-refractivity contribution in [3.05, 3.63) is 57.0 Å². The van der Waals surface area contributed by atoms with Crippen LogP contribution in [0.25, 0.3) is 0 Å². The molecule has 0 aliphatic rings. The molecule has 5 heteroatoms. The highest BCUT2D eigenvalue weighted by atomic mass is 79.9. The molecule has 0 fully saturated rings. The van der Waals surface area contributed by atoms with Crippen molar-refractivity contribution in [2.45, 2.75) is 13.5 Å². The largest absolute Gasteiger partial charge is 0.370 e. The van der Waals surface area contributed by atoms with Crippen molar-refractivity contribution in [1.29, 1.82) is 0 Å². The van der Waals surface area contributed by atoms with Crippen molar-refractivity contribution in [3.63, 3.8) is 0 Å². The molecule has 2 heterocycles. The predicted molar refractivity (Wildman–Crippen MR) is 75.9 cm³/mol. The number of nitrogens with zero attached hydrogens (tertiary/aromatic N) is 2. The molecule has 0 aliphatic heterocycles. The number of hydrogen-bond donors (Lipinski definition) is 1. The number of pyridine rings is 2. The Morgan fingerprint density at radius 3 is 3.00 bits per heavy atom.